The average molecular weight is 170 g/mol. The van der Waals surface area contributed by atoms with E-state index in [1.165, 1.54) is 5.06 Å². The first-order valence-electron chi connectivity index (χ1n) is 4.48. The number of rotatable bonds is 1. The largest absolute Gasteiger partial charge is 0.341 e. The van der Waals surface area contributed by atoms with E-state index < -0.39 is 0 Å². The zero-order chi connectivity index (χ0) is 8.55. The first-order valence-corrected chi connectivity index (χ1v) is 4.48. The first kappa shape index (κ1) is 7.86. The van der Waals surface area contributed by atoms with Crippen molar-refractivity contribution in [2.75, 3.05) is 13.2 Å². The zero-order valence-electron chi connectivity index (χ0n) is 7.25. The minimum atomic E-state index is -0.0677. The molecule has 2 atom stereocenters. The summed E-state index contributed by atoms with van der Waals surface area (Å²) in [5, 5.41) is 4.33. The van der Waals surface area contributed by atoms with Gasteiger partial charge in [-0.15, -0.1) is 0 Å². The lowest BCUT2D eigenvalue weighted by molar-refractivity contribution is -0.0664. The molecule has 0 bridgehead atoms. The fourth-order valence-electron chi connectivity index (χ4n) is 1.36. The van der Waals surface area contributed by atoms with Crippen LogP contribution in [0.3, 0.4) is 0 Å². The molecule has 0 spiro atoms. The molecule has 2 aliphatic rings. The van der Waals surface area contributed by atoms with Crippen molar-refractivity contribution in [3.63, 3.8) is 0 Å². The van der Waals surface area contributed by atoms with E-state index in [2.05, 4.69) is 12.2 Å². The Labute approximate surface area is 71.8 Å². The van der Waals surface area contributed by atoms with Crippen LogP contribution in [0.15, 0.2) is 0 Å². The van der Waals surface area contributed by atoms with E-state index in [0.717, 1.165) is 19.4 Å². The van der Waals surface area contributed by atoms with Gasteiger partial charge in [-0.3, -0.25) is 4.84 Å². The molecule has 1 saturated carbocycles. The van der Waals surface area contributed by atoms with Gasteiger partial charge < -0.3 is 5.32 Å². The fourth-order valence-corrected chi connectivity index (χ4v) is 1.36. The first-order chi connectivity index (χ1) is 5.77. The highest BCUT2D eigenvalue weighted by Crippen LogP contribution is 2.29. The third-order valence-electron chi connectivity index (χ3n) is 2.40. The number of urea groups is 1. The molecule has 0 unspecified atom stereocenters. The Kier molecular flexibility index (Phi) is 1.92. The summed E-state index contributed by atoms with van der Waals surface area (Å²) in [5.74, 6) is 0.650. The van der Waals surface area contributed by atoms with Crippen LogP contribution in [-0.4, -0.2) is 30.3 Å². The molecular formula is C8H14N2O2. The highest BCUT2D eigenvalue weighted by Gasteiger charge is 2.35. The molecule has 1 aliphatic heterocycles. The van der Waals surface area contributed by atoms with Gasteiger partial charge in [0.15, 0.2) is 0 Å². The van der Waals surface area contributed by atoms with Crippen molar-refractivity contribution in [1.29, 1.82) is 0 Å². The Morgan fingerprint density at radius 1 is 1.67 bits per heavy atom. The smallest absolute Gasteiger partial charge is 0.333 e. The molecule has 12 heavy (non-hydrogen) atoms. The van der Waals surface area contributed by atoms with E-state index in [1.807, 2.05) is 0 Å². The standard InChI is InChI=1S/C8H14N2O2/c1-6-5-7(6)9-8(11)10-3-2-4-12-10/h6-7H,2-5H2,1H3,(H,9,11)/t6-,7-/m1/s1. The molecule has 2 amide bonds. The highest BCUT2D eigenvalue weighted by atomic mass is 16.7. The van der Waals surface area contributed by atoms with E-state index in [9.17, 15) is 4.79 Å². The number of nitrogens with zero attached hydrogens (tertiary/aromatic N) is 1. The van der Waals surface area contributed by atoms with Gasteiger partial charge in [0.05, 0.1) is 13.2 Å². The SMILES string of the molecule is C[C@@H]1C[C@H]1NC(=O)N1CCCO1. The van der Waals surface area contributed by atoms with Crippen LogP contribution in [0.1, 0.15) is 19.8 Å². The molecule has 1 heterocycles. The lowest BCUT2D eigenvalue weighted by Gasteiger charge is -2.14. The number of amides is 2. The number of nitrogens with one attached hydrogen (secondary N) is 1. The summed E-state index contributed by atoms with van der Waals surface area (Å²) < 4.78 is 0. The predicted molar refractivity (Wildman–Crippen MR) is 43.4 cm³/mol. The number of hydrogen-bond acceptors (Lipinski definition) is 2. The van der Waals surface area contributed by atoms with Crippen LogP contribution in [0.4, 0.5) is 4.79 Å². The predicted octanol–water partition coefficient (Wildman–Crippen LogP) is 0.742. The summed E-state index contributed by atoms with van der Waals surface area (Å²) in [6.07, 6.45) is 2.06. The van der Waals surface area contributed by atoms with Crippen LogP contribution in [0.5, 0.6) is 0 Å². The Morgan fingerprint density at radius 2 is 2.42 bits per heavy atom. The van der Waals surface area contributed by atoms with Crippen molar-refractivity contribution in [2.45, 2.75) is 25.8 Å². The summed E-state index contributed by atoms with van der Waals surface area (Å²) >= 11 is 0. The Bertz CT molecular complexity index is 189. The minimum absolute atomic E-state index is 0.0677. The van der Waals surface area contributed by atoms with E-state index in [0.29, 0.717) is 18.6 Å². The Morgan fingerprint density at radius 3 is 2.92 bits per heavy atom. The maximum absolute atomic E-state index is 11.3. The van der Waals surface area contributed by atoms with Crippen molar-refractivity contribution >= 4 is 6.03 Å². The van der Waals surface area contributed by atoms with Crippen LogP contribution in [-0.2, 0) is 4.84 Å². The minimum Gasteiger partial charge on any atom is -0.333 e. The average Bonchev–Trinajstić information content (AvgIpc) is 2.58. The van der Waals surface area contributed by atoms with Crippen molar-refractivity contribution < 1.29 is 9.63 Å². The van der Waals surface area contributed by atoms with Gasteiger partial charge in [-0.1, -0.05) is 6.92 Å². The van der Waals surface area contributed by atoms with Crippen molar-refractivity contribution in [2.24, 2.45) is 5.92 Å². The summed E-state index contributed by atoms with van der Waals surface area (Å²) in [5.41, 5.74) is 0. The second-order valence-electron chi connectivity index (χ2n) is 3.56. The van der Waals surface area contributed by atoms with E-state index in [-0.39, 0.29) is 6.03 Å². The molecule has 1 saturated heterocycles. The fraction of sp³-hybridized carbons (Fsp3) is 0.875. The zero-order valence-corrected chi connectivity index (χ0v) is 7.25. The van der Waals surface area contributed by atoms with Crippen molar-refractivity contribution in [3.8, 4) is 0 Å². The molecular weight excluding hydrogens is 156 g/mol. The molecule has 1 aliphatic carbocycles. The quantitative estimate of drug-likeness (QED) is 0.630. The molecule has 4 nitrogen and oxygen atoms in total. The third-order valence-corrected chi connectivity index (χ3v) is 2.40. The van der Waals surface area contributed by atoms with Gasteiger partial charge in [-0.05, 0) is 18.8 Å². The summed E-state index contributed by atoms with van der Waals surface area (Å²) in [6, 6.07) is 0.323. The third kappa shape index (κ3) is 1.53. The van der Waals surface area contributed by atoms with Gasteiger partial charge in [-0.2, -0.15) is 0 Å². The number of hydroxylamine groups is 2. The van der Waals surface area contributed by atoms with Gasteiger partial charge in [0, 0.05) is 6.04 Å². The molecule has 68 valence electrons. The molecule has 2 fully saturated rings. The van der Waals surface area contributed by atoms with Crippen molar-refractivity contribution in [3.05, 3.63) is 0 Å². The normalized spacial score (nSPS) is 33.6. The molecule has 0 aromatic heterocycles. The van der Waals surface area contributed by atoms with Gasteiger partial charge >= 0.3 is 6.03 Å². The molecule has 0 aromatic carbocycles. The number of carbonyl (C=O) groups is 1. The molecule has 0 aromatic rings. The van der Waals surface area contributed by atoms with Crippen LogP contribution in [0, 0.1) is 5.92 Å². The van der Waals surface area contributed by atoms with E-state index >= 15 is 0 Å². The van der Waals surface area contributed by atoms with Crippen LogP contribution in [0.2, 0.25) is 0 Å². The van der Waals surface area contributed by atoms with E-state index in [1.54, 1.807) is 0 Å². The van der Waals surface area contributed by atoms with Gasteiger partial charge in [-0.25, -0.2) is 9.86 Å². The molecule has 4 heteroatoms. The van der Waals surface area contributed by atoms with Gasteiger partial charge in [0.1, 0.15) is 0 Å². The Hall–Kier alpha value is -0.770. The highest BCUT2D eigenvalue weighted by molar-refractivity contribution is 5.73. The second kappa shape index (κ2) is 2.94. The number of hydrogen-bond donors (Lipinski definition) is 1. The molecule has 2 rings (SSSR count). The van der Waals surface area contributed by atoms with Crippen LogP contribution < -0.4 is 5.32 Å². The number of carbonyl (C=O) groups excluding carboxylic acids is 1. The monoisotopic (exact) mass is 170 g/mol. The maximum Gasteiger partial charge on any atom is 0.341 e. The second-order valence-corrected chi connectivity index (χ2v) is 3.56. The topological polar surface area (TPSA) is 41.6 Å². The summed E-state index contributed by atoms with van der Waals surface area (Å²) in [4.78, 5) is 16.4. The molecule has 0 radical (unpaired) electrons. The lowest BCUT2D eigenvalue weighted by Crippen LogP contribution is -2.38. The Balaban J connectivity index is 1.76. The summed E-state index contributed by atoms with van der Waals surface area (Å²) in [6.45, 7) is 3.54. The maximum atomic E-state index is 11.3. The van der Waals surface area contributed by atoms with Gasteiger partial charge in [0.2, 0.25) is 0 Å². The lowest BCUT2D eigenvalue weighted by atomic mass is 10.5. The van der Waals surface area contributed by atoms with Gasteiger partial charge in [0.25, 0.3) is 0 Å². The molecule has 1 N–H and O–H groups in total. The van der Waals surface area contributed by atoms with Crippen molar-refractivity contribution in [1.82, 2.24) is 10.4 Å². The van der Waals surface area contributed by atoms with E-state index in [4.69, 9.17) is 4.84 Å². The van der Waals surface area contributed by atoms with Crippen LogP contribution >= 0.6 is 0 Å². The summed E-state index contributed by atoms with van der Waals surface area (Å²) in [7, 11) is 0. The van der Waals surface area contributed by atoms with Crippen LogP contribution in [0.25, 0.3) is 0 Å².